The van der Waals surface area contributed by atoms with Gasteiger partial charge in [-0.1, -0.05) is 91.0 Å². The first-order chi connectivity index (χ1) is 20.3. The van der Waals surface area contributed by atoms with Gasteiger partial charge in [-0.25, -0.2) is 0 Å². The third-order valence-electron chi connectivity index (χ3n) is 9.23. The van der Waals surface area contributed by atoms with E-state index in [4.69, 9.17) is 4.74 Å². The first-order valence-corrected chi connectivity index (χ1v) is 14.3. The lowest BCUT2D eigenvalue weighted by Crippen LogP contribution is -2.58. The average Bonchev–Trinajstić information content (AvgIpc) is 3.37. The molecule has 6 aromatic carbocycles. The van der Waals surface area contributed by atoms with E-state index in [1.165, 1.54) is 66.4 Å². The minimum atomic E-state index is 0.112. The van der Waals surface area contributed by atoms with Crippen molar-refractivity contribution in [3.05, 3.63) is 139 Å². The van der Waals surface area contributed by atoms with Gasteiger partial charge < -0.3 is 14.2 Å². The molecule has 0 radical (unpaired) electrons. The molecule has 1 aromatic heterocycles. The molecule has 3 nitrogen and oxygen atoms in total. The van der Waals surface area contributed by atoms with E-state index in [0.29, 0.717) is 0 Å². The normalized spacial score (nSPS) is 13.9. The number of aromatic nitrogens is 1. The molecule has 0 aliphatic carbocycles. The Morgan fingerprint density at radius 2 is 1.24 bits per heavy atom. The van der Waals surface area contributed by atoms with Crippen LogP contribution in [0.4, 0.5) is 17.1 Å². The van der Waals surface area contributed by atoms with Gasteiger partial charge in [0.05, 0.1) is 11.2 Å². The summed E-state index contributed by atoms with van der Waals surface area (Å²) in [7, 11) is 0. The highest BCUT2D eigenvalue weighted by Gasteiger charge is 2.41. The Kier molecular flexibility index (Phi) is 4.06. The number of fused-ring (bicyclic) bond motifs is 9. The molecule has 3 aliphatic heterocycles. The zero-order chi connectivity index (χ0) is 26.7. The monoisotopic (exact) mass is 522 g/mol. The van der Waals surface area contributed by atoms with Crippen LogP contribution in [-0.2, 0) is 6.42 Å². The number of anilines is 3. The van der Waals surface area contributed by atoms with Crippen LogP contribution in [0.1, 0.15) is 11.1 Å². The fourth-order valence-corrected chi connectivity index (χ4v) is 7.59. The van der Waals surface area contributed by atoms with Gasteiger partial charge in [0, 0.05) is 45.8 Å². The summed E-state index contributed by atoms with van der Waals surface area (Å²) in [4.78, 5) is 2.42. The molecule has 3 aliphatic rings. The summed E-state index contributed by atoms with van der Waals surface area (Å²) in [5.41, 5.74) is 13.8. The van der Waals surface area contributed by atoms with Gasteiger partial charge in [0.25, 0.3) is 6.71 Å². The standard InChI is InChI=1S/C37H23BN2O/c1-5-16-30-23(10-1)20-24-11-2-6-17-31(24)39(30)25-21-33-36-35(22-25)41-34-19-8-4-14-28(34)38(36)29-15-9-13-27-26-12-3-7-18-32(26)40(33)37(27)29/h1-19,21-22H,20H2. The second-order valence-corrected chi connectivity index (χ2v) is 11.3. The number of hydrogen-bond donors (Lipinski definition) is 0. The molecule has 0 bridgehead atoms. The maximum absolute atomic E-state index is 6.79. The molecule has 0 spiro atoms. The lowest BCUT2D eigenvalue weighted by atomic mass is 9.34. The summed E-state index contributed by atoms with van der Waals surface area (Å²) in [5.74, 6) is 1.87. The predicted molar refractivity (Wildman–Crippen MR) is 169 cm³/mol. The van der Waals surface area contributed by atoms with Crippen LogP contribution in [0.5, 0.6) is 11.5 Å². The first kappa shape index (κ1) is 21.6. The van der Waals surface area contributed by atoms with E-state index in [0.717, 1.165) is 23.6 Å². The number of ether oxygens (including phenoxy) is 1. The number of rotatable bonds is 1. The molecular weight excluding hydrogens is 499 g/mol. The second-order valence-electron chi connectivity index (χ2n) is 11.3. The van der Waals surface area contributed by atoms with Crippen molar-refractivity contribution in [3.8, 4) is 17.2 Å². The maximum Gasteiger partial charge on any atom is 0.256 e. The maximum atomic E-state index is 6.79. The quantitative estimate of drug-likeness (QED) is 0.214. The van der Waals surface area contributed by atoms with E-state index in [9.17, 15) is 0 Å². The largest absolute Gasteiger partial charge is 0.458 e. The van der Waals surface area contributed by atoms with Gasteiger partial charge in [-0.15, -0.1) is 0 Å². The van der Waals surface area contributed by atoms with Crippen molar-refractivity contribution in [1.29, 1.82) is 0 Å². The van der Waals surface area contributed by atoms with Crippen molar-refractivity contribution in [2.45, 2.75) is 6.42 Å². The van der Waals surface area contributed by atoms with Crippen molar-refractivity contribution < 1.29 is 4.74 Å². The van der Waals surface area contributed by atoms with Crippen LogP contribution in [0.25, 0.3) is 27.5 Å². The van der Waals surface area contributed by atoms with Crippen molar-refractivity contribution >= 4 is 62.0 Å². The van der Waals surface area contributed by atoms with Gasteiger partial charge in [0.15, 0.2) is 0 Å². The third kappa shape index (κ3) is 2.74. The summed E-state index contributed by atoms with van der Waals surface area (Å²) < 4.78 is 9.28. The minimum absolute atomic E-state index is 0.112. The molecule has 41 heavy (non-hydrogen) atoms. The molecule has 0 amide bonds. The van der Waals surface area contributed by atoms with Gasteiger partial charge in [0.2, 0.25) is 0 Å². The van der Waals surface area contributed by atoms with Crippen molar-refractivity contribution in [1.82, 2.24) is 4.57 Å². The van der Waals surface area contributed by atoms with Crippen molar-refractivity contribution in [2.24, 2.45) is 0 Å². The highest BCUT2D eigenvalue weighted by molar-refractivity contribution is 6.99. The topological polar surface area (TPSA) is 17.4 Å². The van der Waals surface area contributed by atoms with Gasteiger partial charge in [-0.2, -0.15) is 0 Å². The molecular formula is C37H23BN2O. The zero-order valence-electron chi connectivity index (χ0n) is 22.2. The van der Waals surface area contributed by atoms with Crippen LogP contribution < -0.4 is 26.0 Å². The lowest BCUT2D eigenvalue weighted by molar-refractivity contribution is 0.487. The lowest BCUT2D eigenvalue weighted by Gasteiger charge is -2.37. The Morgan fingerprint density at radius 1 is 0.561 bits per heavy atom. The Balaban J connectivity index is 1.35. The SMILES string of the molecule is c1ccc2c(c1)Cc1ccccc1N2c1cc2c3c(c1)-n1c4ccccc4c4cccc(c41)B3c1ccccc1O2. The van der Waals surface area contributed by atoms with E-state index in [1.807, 2.05) is 0 Å². The van der Waals surface area contributed by atoms with Gasteiger partial charge in [0.1, 0.15) is 11.5 Å². The molecule has 0 saturated heterocycles. The molecule has 0 N–H and O–H groups in total. The summed E-state index contributed by atoms with van der Waals surface area (Å²) in [6.45, 7) is 0.112. The molecule has 0 atom stereocenters. The molecule has 0 fully saturated rings. The van der Waals surface area contributed by atoms with E-state index < -0.39 is 0 Å². The summed E-state index contributed by atoms with van der Waals surface area (Å²) in [6.07, 6.45) is 0.933. The fourth-order valence-electron chi connectivity index (χ4n) is 7.59. The molecule has 190 valence electrons. The average molecular weight is 522 g/mol. The van der Waals surface area contributed by atoms with E-state index in [-0.39, 0.29) is 6.71 Å². The number of hydrogen-bond acceptors (Lipinski definition) is 2. The molecule has 0 saturated carbocycles. The highest BCUT2D eigenvalue weighted by Crippen LogP contribution is 2.46. The molecule has 7 aromatic rings. The number of para-hydroxylation sites is 5. The Labute approximate surface area is 237 Å². The summed E-state index contributed by atoms with van der Waals surface area (Å²) in [6, 6.07) is 46.4. The molecule has 10 rings (SSSR count). The summed E-state index contributed by atoms with van der Waals surface area (Å²) in [5, 5.41) is 2.58. The zero-order valence-corrected chi connectivity index (χ0v) is 22.2. The van der Waals surface area contributed by atoms with Crippen LogP contribution in [0.15, 0.2) is 127 Å². The van der Waals surface area contributed by atoms with Gasteiger partial charge in [-0.05, 0) is 57.8 Å². The van der Waals surface area contributed by atoms with Crippen LogP contribution in [0.2, 0.25) is 0 Å². The Hall–Kier alpha value is -5.22. The Morgan fingerprint density at radius 3 is 2.10 bits per heavy atom. The highest BCUT2D eigenvalue weighted by atomic mass is 16.5. The Bertz CT molecular complexity index is 2200. The van der Waals surface area contributed by atoms with E-state index >= 15 is 0 Å². The summed E-state index contributed by atoms with van der Waals surface area (Å²) >= 11 is 0. The van der Waals surface area contributed by atoms with Crippen LogP contribution in [0.3, 0.4) is 0 Å². The first-order valence-electron chi connectivity index (χ1n) is 14.3. The van der Waals surface area contributed by atoms with E-state index in [2.05, 4.69) is 137 Å². The minimum Gasteiger partial charge on any atom is -0.458 e. The number of benzene rings is 6. The van der Waals surface area contributed by atoms with Gasteiger partial charge >= 0.3 is 0 Å². The predicted octanol–water partition coefficient (Wildman–Crippen LogP) is 7.09. The fraction of sp³-hybridized carbons (Fsp3) is 0.0270. The molecule has 0 unspecified atom stereocenters. The third-order valence-corrected chi connectivity index (χ3v) is 9.23. The molecule has 4 heterocycles. The van der Waals surface area contributed by atoms with Crippen LogP contribution in [-0.4, -0.2) is 11.3 Å². The number of nitrogens with zero attached hydrogens (tertiary/aromatic N) is 2. The smallest absolute Gasteiger partial charge is 0.256 e. The molecule has 4 heteroatoms. The van der Waals surface area contributed by atoms with E-state index in [1.54, 1.807) is 0 Å². The van der Waals surface area contributed by atoms with Crippen LogP contribution >= 0.6 is 0 Å². The van der Waals surface area contributed by atoms with Crippen LogP contribution in [0, 0.1) is 0 Å². The van der Waals surface area contributed by atoms with Crippen molar-refractivity contribution in [2.75, 3.05) is 4.90 Å². The second kappa shape index (κ2) is 7.70. The van der Waals surface area contributed by atoms with Gasteiger partial charge in [-0.3, -0.25) is 0 Å². The van der Waals surface area contributed by atoms with Crippen molar-refractivity contribution in [3.63, 3.8) is 0 Å².